The van der Waals surface area contributed by atoms with E-state index < -0.39 is 0 Å². The van der Waals surface area contributed by atoms with Crippen LogP contribution in [0.1, 0.15) is 5.69 Å². The molecule has 0 radical (unpaired) electrons. The molecule has 0 aromatic carbocycles. The van der Waals surface area contributed by atoms with Gasteiger partial charge >= 0.3 is 0 Å². The maximum atomic E-state index is 8.26. The fourth-order valence-electron chi connectivity index (χ4n) is 0.514. The molecule has 0 spiro atoms. The number of nitriles is 1. The molecule has 0 aliphatic rings. The third-order valence-electron chi connectivity index (χ3n) is 0.912. The van der Waals surface area contributed by atoms with Gasteiger partial charge in [-0.05, 0) is 12.1 Å². The van der Waals surface area contributed by atoms with Gasteiger partial charge in [0, 0.05) is 0 Å². The van der Waals surface area contributed by atoms with E-state index >= 15 is 0 Å². The molecule has 0 amide bonds. The lowest BCUT2D eigenvalue weighted by molar-refractivity contribution is 1.35. The fraction of sp³-hybridized carbons (Fsp3) is 0. The van der Waals surface area contributed by atoms with E-state index in [0.29, 0.717) is 11.5 Å². The van der Waals surface area contributed by atoms with Crippen molar-refractivity contribution in [2.75, 3.05) is 0 Å². The normalized spacial score (nSPS) is 7.78. The number of hydrogen-bond donors (Lipinski definition) is 1. The van der Waals surface area contributed by atoms with E-state index in [2.05, 4.69) is 9.83 Å². The zero-order valence-corrected chi connectivity index (χ0v) is 4.55. The molecule has 0 aliphatic heterocycles. The number of hydrogen-bond acceptors (Lipinski definition) is 1. The van der Waals surface area contributed by atoms with Gasteiger partial charge in [0.1, 0.15) is 6.07 Å². The predicted molar refractivity (Wildman–Crippen MR) is 31.8 cm³/mol. The zero-order valence-electron chi connectivity index (χ0n) is 4.55. The van der Waals surface area contributed by atoms with Crippen LogP contribution in [-0.2, 0) is 0 Å². The molecule has 0 unspecified atom stereocenters. The maximum absolute atomic E-state index is 8.26. The molecular formula is C6H3N3. The minimum absolute atomic E-state index is 0.409. The minimum Gasteiger partial charge on any atom is -0.364 e. The summed E-state index contributed by atoms with van der Waals surface area (Å²) in [5.74, 6) is 0.409. The second-order valence-electron chi connectivity index (χ2n) is 1.48. The van der Waals surface area contributed by atoms with E-state index in [1.807, 2.05) is 6.07 Å². The van der Waals surface area contributed by atoms with Crippen molar-refractivity contribution in [3.05, 3.63) is 29.2 Å². The molecule has 0 aliphatic carbocycles. The summed E-state index contributed by atoms with van der Waals surface area (Å²) < 4.78 is 0. The van der Waals surface area contributed by atoms with Crippen LogP contribution in [0.15, 0.2) is 12.1 Å². The van der Waals surface area contributed by atoms with E-state index in [0.717, 1.165) is 0 Å². The standard InChI is InChI=1S/C6H3N3/c1-8-6-3-2-5(4-7)9-6/h2-3,9H. The van der Waals surface area contributed by atoms with Crippen molar-refractivity contribution in [3.8, 4) is 6.07 Å². The zero-order chi connectivity index (χ0) is 6.69. The molecule has 42 valence electrons. The minimum atomic E-state index is 0.409. The van der Waals surface area contributed by atoms with Gasteiger partial charge in [0.05, 0.1) is 0 Å². The molecule has 1 N–H and O–H groups in total. The Balaban J connectivity index is 3.08. The van der Waals surface area contributed by atoms with E-state index in [9.17, 15) is 0 Å². The van der Waals surface area contributed by atoms with Gasteiger partial charge in [-0.25, -0.2) is 0 Å². The van der Waals surface area contributed by atoms with Crippen molar-refractivity contribution in [1.29, 1.82) is 5.26 Å². The largest absolute Gasteiger partial charge is 0.364 e. The molecule has 0 bridgehead atoms. The first kappa shape index (κ1) is 5.40. The first-order valence-corrected chi connectivity index (χ1v) is 2.33. The highest BCUT2D eigenvalue weighted by atomic mass is 14.9. The fourth-order valence-corrected chi connectivity index (χ4v) is 0.514. The lowest BCUT2D eigenvalue weighted by Crippen LogP contribution is -1.66. The van der Waals surface area contributed by atoms with Gasteiger partial charge in [0.25, 0.3) is 0 Å². The first-order valence-electron chi connectivity index (χ1n) is 2.33. The quantitative estimate of drug-likeness (QED) is 0.513. The lowest BCUT2D eigenvalue weighted by Gasteiger charge is -1.73. The number of nitrogens with one attached hydrogen (secondary N) is 1. The molecule has 1 aromatic rings. The Morgan fingerprint density at radius 2 is 2.44 bits per heavy atom. The Hall–Kier alpha value is -1.74. The van der Waals surface area contributed by atoms with Crippen LogP contribution in [0.2, 0.25) is 0 Å². The molecule has 3 heteroatoms. The Morgan fingerprint density at radius 3 is 2.78 bits per heavy atom. The van der Waals surface area contributed by atoms with Gasteiger partial charge in [-0.1, -0.05) is 6.57 Å². The van der Waals surface area contributed by atoms with Gasteiger partial charge < -0.3 is 4.85 Å². The van der Waals surface area contributed by atoms with Crippen LogP contribution in [0.3, 0.4) is 0 Å². The molecule has 1 heterocycles. The predicted octanol–water partition coefficient (Wildman–Crippen LogP) is 1.44. The van der Waals surface area contributed by atoms with Crippen LogP contribution in [0.5, 0.6) is 0 Å². The van der Waals surface area contributed by atoms with Gasteiger partial charge in [0.2, 0.25) is 5.82 Å². The van der Waals surface area contributed by atoms with Crippen molar-refractivity contribution < 1.29 is 0 Å². The number of H-pyrrole nitrogens is 1. The van der Waals surface area contributed by atoms with E-state index in [1.54, 1.807) is 12.1 Å². The summed E-state index contributed by atoms with van der Waals surface area (Å²) >= 11 is 0. The summed E-state index contributed by atoms with van der Waals surface area (Å²) in [7, 11) is 0. The molecule has 0 atom stereocenters. The first-order chi connectivity index (χ1) is 4.36. The van der Waals surface area contributed by atoms with Crippen LogP contribution in [0, 0.1) is 17.9 Å². The molecule has 0 saturated heterocycles. The lowest BCUT2D eigenvalue weighted by atomic mass is 10.5. The highest BCUT2D eigenvalue weighted by Gasteiger charge is 1.94. The van der Waals surface area contributed by atoms with E-state index in [-0.39, 0.29) is 0 Å². The molecule has 1 rings (SSSR count). The molecular weight excluding hydrogens is 114 g/mol. The van der Waals surface area contributed by atoms with Crippen molar-refractivity contribution in [3.63, 3.8) is 0 Å². The van der Waals surface area contributed by atoms with Crippen LogP contribution in [0.25, 0.3) is 4.85 Å². The van der Waals surface area contributed by atoms with E-state index in [4.69, 9.17) is 11.8 Å². The summed E-state index contributed by atoms with van der Waals surface area (Å²) in [6.07, 6.45) is 0. The molecule has 0 saturated carbocycles. The third kappa shape index (κ3) is 0.896. The molecule has 0 fully saturated rings. The summed E-state index contributed by atoms with van der Waals surface area (Å²) in [4.78, 5) is 5.68. The highest BCUT2D eigenvalue weighted by molar-refractivity contribution is 5.41. The van der Waals surface area contributed by atoms with Gasteiger partial charge in [0.15, 0.2) is 5.69 Å². The second kappa shape index (κ2) is 2.02. The second-order valence-corrected chi connectivity index (χ2v) is 1.48. The SMILES string of the molecule is [C-]#[N+]c1ccc(C#N)[nH]1. The van der Waals surface area contributed by atoms with Gasteiger partial charge in [-0.15, -0.1) is 0 Å². The van der Waals surface area contributed by atoms with Crippen LogP contribution in [-0.4, -0.2) is 4.98 Å². The van der Waals surface area contributed by atoms with Crippen molar-refractivity contribution >= 4 is 5.82 Å². The average Bonchev–Trinajstić information content (AvgIpc) is 2.34. The number of nitrogens with zero attached hydrogens (tertiary/aromatic N) is 2. The Morgan fingerprint density at radius 1 is 1.67 bits per heavy atom. The van der Waals surface area contributed by atoms with Crippen molar-refractivity contribution in [2.45, 2.75) is 0 Å². The van der Waals surface area contributed by atoms with Crippen LogP contribution in [0.4, 0.5) is 5.82 Å². The monoisotopic (exact) mass is 117 g/mol. The third-order valence-corrected chi connectivity index (χ3v) is 0.912. The Labute approximate surface area is 52.4 Å². The van der Waals surface area contributed by atoms with E-state index in [1.165, 1.54) is 0 Å². The van der Waals surface area contributed by atoms with Gasteiger partial charge in [-0.3, -0.25) is 4.98 Å². The Bertz CT molecular complexity index is 255. The summed E-state index contributed by atoms with van der Waals surface area (Å²) in [5, 5.41) is 8.26. The highest BCUT2D eigenvalue weighted by Crippen LogP contribution is 2.08. The van der Waals surface area contributed by atoms with Crippen molar-refractivity contribution in [1.82, 2.24) is 4.98 Å². The smallest absolute Gasteiger partial charge is 0.229 e. The molecule has 3 nitrogen and oxygen atoms in total. The van der Waals surface area contributed by atoms with Gasteiger partial charge in [-0.2, -0.15) is 5.26 Å². The van der Waals surface area contributed by atoms with Crippen molar-refractivity contribution in [2.24, 2.45) is 0 Å². The molecule has 9 heavy (non-hydrogen) atoms. The molecule has 1 aromatic heterocycles. The number of rotatable bonds is 0. The number of aromatic amines is 1. The maximum Gasteiger partial charge on any atom is 0.229 e. The van der Waals surface area contributed by atoms with Crippen LogP contribution < -0.4 is 0 Å². The number of aromatic nitrogens is 1. The summed E-state index contributed by atoms with van der Waals surface area (Å²) in [6.45, 7) is 6.52. The Kier molecular flexibility index (Phi) is 1.21. The van der Waals surface area contributed by atoms with Crippen LogP contribution >= 0.6 is 0 Å². The topological polar surface area (TPSA) is 43.9 Å². The summed E-state index contributed by atoms with van der Waals surface area (Å²) in [5.41, 5.74) is 0.431. The summed E-state index contributed by atoms with van der Waals surface area (Å²) in [6, 6.07) is 5.03. The average molecular weight is 117 g/mol.